The summed E-state index contributed by atoms with van der Waals surface area (Å²) in [5.41, 5.74) is 4.75. The first-order valence-corrected chi connectivity index (χ1v) is 12.0. The van der Waals surface area contributed by atoms with Gasteiger partial charge in [0, 0.05) is 44.0 Å². The average Bonchev–Trinajstić information content (AvgIpc) is 2.90. The molecule has 0 unspecified atom stereocenters. The molecule has 1 aromatic carbocycles. The molecule has 1 saturated heterocycles. The molecule has 1 saturated carbocycles. The van der Waals surface area contributed by atoms with Crippen molar-refractivity contribution in [1.82, 2.24) is 15.3 Å². The lowest BCUT2D eigenvalue weighted by Crippen LogP contribution is -2.43. The molecule has 0 radical (unpaired) electrons. The van der Waals surface area contributed by atoms with E-state index in [9.17, 15) is 5.26 Å². The number of pyridine rings is 2. The van der Waals surface area contributed by atoms with Crippen molar-refractivity contribution in [3.05, 3.63) is 60.3 Å². The Hall–Kier alpha value is -3.43. The van der Waals surface area contributed by atoms with Crippen LogP contribution in [0, 0.1) is 11.3 Å². The van der Waals surface area contributed by atoms with Crippen molar-refractivity contribution in [2.24, 2.45) is 0 Å². The van der Waals surface area contributed by atoms with Gasteiger partial charge in [-0.15, -0.1) is 0 Å². The summed E-state index contributed by atoms with van der Waals surface area (Å²) in [6, 6.07) is 19.0. The summed E-state index contributed by atoms with van der Waals surface area (Å²) in [5, 5.41) is 16.4. The number of benzene rings is 1. The molecule has 0 spiro atoms. The molecule has 2 fully saturated rings. The summed E-state index contributed by atoms with van der Waals surface area (Å²) in [6.07, 6.45) is 8.21. The lowest BCUT2D eigenvalue weighted by molar-refractivity contribution is 0.462. The van der Waals surface area contributed by atoms with Gasteiger partial charge in [0.2, 0.25) is 0 Å². The molecule has 5 rings (SSSR count). The molecule has 2 aromatic heterocycles. The molecule has 3 heterocycles. The van der Waals surface area contributed by atoms with Gasteiger partial charge in [0.25, 0.3) is 0 Å². The molecule has 3 aromatic rings. The van der Waals surface area contributed by atoms with E-state index in [1.807, 2.05) is 30.5 Å². The Labute approximate surface area is 195 Å². The number of hydrogen-bond donors (Lipinski definition) is 2. The molecule has 2 N–H and O–H groups in total. The number of anilines is 2. The highest BCUT2D eigenvalue weighted by molar-refractivity contribution is 5.75. The van der Waals surface area contributed by atoms with Crippen molar-refractivity contribution in [3.8, 4) is 28.5 Å². The SMILES string of the molecule is N#Cc1cccc(-c2cc(-c3ccnc(NC4CCCCC4)c3)nc(N3CCNCC3)c2)c1. The number of rotatable bonds is 5. The maximum Gasteiger partial charge on any atom is 0.129 e. The zero-order chi connectivity index (χ0) is 22.5. The maximum absolute atomic E-state index is 9.37. The molecular weight excluding hydrogens is 408 g/mol. The highest BCUT2D eigenvalue weighted by Crippen LogP contribution is 2.31. The van der Waals surface area contributed by atoms with E-state index < -0.39 is 0 Å². The van der Waals surface area contributed by atoms with Gasteiger partial charge >= 0.3 is 0 Å². The molecule has 1 aliphatic carbocycles. The standard InChI is InChI=1S/C27H30N6/c28-19-20-5-4-6-21(15-20)23-16-25(32-27(18-23)33-13-11-29-12-14-33)22-9-10-30-26(17-22)31-24-7-2-1-3-8-24/h4-6,9-10,15-18,24,29H,1-3,7-8,11-14H2,(H,30,31). The van der Waals surface area contributed by atoms with E-state index in [-0.39, 0.29) is 0 Å². The second-order valence-electron chi connectivity index (χ2n) is 8.94. The smallest absolute Gasteiger partial charge is 0.129 e. The highest BCUT2D eigenvalue weighted by Gasteiger charge is 2.17. The van der Waals surface area contributed by atoms with E-state index >= 15 is 0 Å². The Morgan fingerprint density at radius 3 is 2.61 bits per heavy atom. The molecule has 2 aliphatic rings. The van der Waals surface area contributed by atoms with Crippen LogP contribution in [0.5, 0.6) is 0 Å². The first-order chi connectivity index (χ1) is 16.3. The zero-order valence-electron chi connectivity index (χ0n) is 18.9. The molecule has 33 heavy (non-hydrogen) atoms. The van der Waals surface area contributed by atoms with Gasteiger partial charge in [-0.1, -0.05) is 31.4 Å². The highest BCUT2D eigenvalue weighted by atomic mass is 15.2. The summed E-state index contributed by atoms with van der Waals surface area (Å²) in [5.74, 6) is 1.90. The van der Waals surface area contributed by atoms with Crippen molar-refractivity contribution in [2.75, 3.05) is 36.4 Å². The Kier molecular flexibility index (Phi) is 6.50. The van der Waals surface area contributed by atoms with Crippen molar-refractivity contribution < 1.29 is 0 Å². The summed E-state index contributed by atoms with van der Waals surface area (Å²) < 4.78 is 0. The predicted octanol–water partition coefficient (Wildman–Crippen LogP) is 4.84. The number of nitrogens with zero attached hydrogens (tertiary/aromatic N) is 4. The van der Waals surface area contributed by atoms with Gasteiger partial charge in [0.1, 0.15) is 11.6 Å². The predicted molar refractivity (Wildman–Crippen MR) is 133 cm³/mol. The number of aromatic nitrogens is 2. The third kappa shape index (κ3) is 5.15. The van der Waals surface area contributed by atoms with Crippen molar-refractivity contribution in [2.45, 2.75) is 38.1 Å². The van der Waals surface area contributed by atoms with Gasteiger partial charge in [0.05, 0.1) is 17.3 Å². The van der Waals surface area contributed by atoms with E-state index in [0.717, 1.165) is 60.2 Å². The summed E-state index contributed by atoms with van der Waals surface area (Å²) in [6.45, 7) is 3.77. The van der Waals surface area contributed by atoms with Crippen LogP contribution in [0.1, 0.15) is 37.7 Å². The van der Waals surface area contributed by atoms with Gasteiger partial charge in [-0.05, 0) is 60.4 Å². The van der Waals surface area contributed by atoms with Gasteiger partial charge in [0.15, 0.2) is 0 Å². The van der Waals surface area contributed by atoms with Gasteiger partial charge in [-0.3, -0.25) is 0 Å². The van der Waals surface area contributed by atoms with E-state index in [1.165, 1.54) is 32.1 Å². The van der Waals surface area contributed by atoms with Crippen LogP contribution in [0.3, 0.4) is 0 Å². The normalized spacial score (nSPS) is 16.9. The minimum absolute atomic E-state index is 0.505. The van der Waals surface area contributed by atoms with Crippen LogP contribution in [0.25, 0.3) is 22.4 Å². The number of nitrogens with one attached hydrogen (secondary N) is 2. The van der Waals surface area contributed by atoms with E-state index in [1.54, 1.807) is 0 Å². The molecule has 0 bridgehead atoms. The average molecular weight is 439 g/mol. The number of piperazine rings is 1. The van der Waals surface area contributed by atoms with E-state index in [0.29, 0.717) is 11.6 Å². The fraction of sp³-hybridized carbons (Fsp3) is 0.370. The van der Waals surface area contributed by atoms with Crippen LogP contribution in [0.15, 0.2) is 54.7 Å². The molecule has 6 heteroatoms. The number of nitriles is 1. The first-order valence-electron chi connectivity index (χ1n) is 12.0. The largest absolute Gasteiger partial charge is 0.367 e. The van der Waals surface area contributed by atoms with Crippen LogP contribution in [-0.2, 0) is 0 Å². The number of hydrogen-bond acceptors (Lipinski definition) is 6. The lowest BCUT2D eigenvalue weighted by Gasteiger charge is -2.29. The summed E-state index contributed by atoms with van der Waals surface area (Å²) in [4.78, 5) is 12.0. The van der Waals surface area contributed by atoms with Crippen LogP contribution in [-0.4, -0.2) is 42.2 Å². The van der Waals surface area contributed by atoms with Crippen molar-refractivity contribution >= 4 is 11.6 Å². The van der Waals surface area contributed by atoms with Crippen LogP contribution < -0.4 is 15.5 Å². The summed E-state index contributed by atoms with van der Waals surface area (Å²) in [7, 11) is 0. The fourth-order valence-corrected chi connectivity index (χ4v) is 4.78. The van der Waals surface area contributed by atoms with E-state index in [2.05, 4.69) is 50.9 Å². The summed E-state index contributed by atoms with van der Waals surface area (Å²) >= 11 is 0. The third-order valence-corrected chi connectivity index (χ3v) is 6.59. The molecule has 0 amide bonds. The molecular formula is C27H30N6. The zero-order valence-corrected chi connectivity index (χ0v) is 18.9. The molecule has 168 valence electrons. The van der Waals surface area contributed by atoms with Gasteiger partial charge in [-0.25, -0.2) is 9.97 Å². The second kappa shape index (κ2) is 10.0. The lowest BCUT2D eigenvalue weighted by atomic mass is 9.95. The Balaban J connectivity index is 1.52. The van der Waals surface area contributed by atoms with E-state index in [4.69, 9.17) is 4.98 Å². The molecule has 1 aliphatic heterocycles. The Morgan fingerprint density at radius 1 is 0.939 bits per heavy atom. The van der Waals surface area contributed by atoms with Crippen molar-refractivity contribution in [3.63, 3.8) is 0 Å². The topological polar surface area (TPSA) is 76.9 Å². The molecule has 0 atom stereocenters. The quantitative estimate of drug-likeness (QED) is 0.594. The Bertz CT molecular complexity index is 1140. The minimum Gasteiger partial charge on any atom is -0.367 e. The molecule has 6 nitrogen and oxygen atoms in total. The van der Waals surface area contributed by atoms with Crippen molar-refractivity contribution in [1.29, 1.82) is 5.26 Å². The van der Waals surface area contributed by atoms with Crippen LogP contribution in [0.4, 0.5) is 11.6 Å². The van der Waals surface area contributed by atoms with Gasteiger partial charge in [-0.2, -0.15) is 5.26 Å². The second-order valence-corrected chi connectivity index (χ2v) is 8.94. The maximum atomic E-state index is 9.37. The monoisotopic (exact) mass is 438 g/mol. The fourth-order valence-electron chi connectivity index (χ4n) is 4.78. The third-order valence-electron chi connectivity index (χ3n) is 6.59. The van der Waals surface area contributed by atoms with Crippen LogP contribution in [0.2, 0.25) is 0 Å². The van der Waals surface area contributed by atoms with Gasteiger partial charge < -0.3 is 15.5 Å². The Morgan fingerprint density at radius 2 is 1.79 bits per heavy atom. The van der Waals surface area contributed by atoms with Crippen LogP contribution >= 0.6 is 0 Å². The first kappa shape index (κ1) is 21.4. The minimum atomic E-state index is 0.505.